The fraction of sp³-hybridized carbons (Fsp3) is 0.438. The predicted octanol–water partition coefficient (Wildman–Crippen LogP) is 4.47. The lowest BCUT2D eigenvalue weighted by Crippen LogP contribution is -2.33. The molecule has 0 aliphatic carbocycles. The van der Waals surface area contributed by atoms with Crippen molar-refractivity contribution in [2.75, 3.05) is 26.2 Å². The second kappa shape index (κ2) is 8.78. The summed E-state index contributed by atoms with van der Waals surface area (Å²) in [6, 6.07) is 7.28. The summed E-state index contributed by atoms with van der Waals surface area (Å²) in [5.41, 5.74) is 0.861. The van der Waals surface area contributed by atoms with E-state index < -0.39 is 0 Å². The second-order valence-electron chi connectivity index (χ2n) is 5.45. The number of halogens is 3. The fourth-order valence-electron chi connectivity index (χ4n) is 2.62. The Morgan fingerprint density at radius 2 is 1.83 bits per heavy atom. The molecule has 4 nitrogen and oxygen atoms in total. The molecule has 0 N–H and O–H groups in total. The topological polar surface area (TPSA) is 30.3 Å². The van der Waals surface area contributed by atoms with Gasteiger partial charge in [0.1, 0.15) is 6.61 Å². The molecule has 0 amide bonds. The molecule has 1 aromatic carbocycles. The molecule has 1 aromatic heterocycles. The number of piperidine rings is 1. The van der Waals surface area contributed by atoms with E-state index in [-0.39, 0.29) is 12.4 Å². The average Bonchev–Trinajstić information content (AvgIpc) is 3.00. The van der Waals surface area contributed by atoms with Gasteiger partial charge in [-0.15, -0.1) is 17.5 Å². The molecule has 0 atom stereocenters. The Balaban J connectivity index is 0.00000192. The average molecular weight is 377 g/mol. The SMILES string of the molecule is Cl.Clc1ccc(-n2ccc(OCCN3CCCCC3)n2)cc1Cl. The lowest BCUT2D eigenvalue weighted by atomic mass is 10.1. The molecule has 0 spiro atoms. The largest absolute Gasteiger partial charge is 0.475 e. The quantitative estimate of drug-likeness (QED) is 0.771. The maximum absolute atomic E-state index is 6.03. The van der Waals surface area contributed by atoms with Gasteiger partial charge < -0.3 is 4.74 Å². The van der Waals surface area contributed by atoms with Gasteiger partial charge in [-0.05, 0) is 44.1 Å². The third-order valence-electron chi connectivity index (χ3n) is 3.84. The first-order valence-corrected chi connectivity index (χ1v) is 8.34. The summed E-state index contributed by atoms with van der Waals surface area (Å²) in [5, 5.41) is 5.46. The molecule has 0 unspecified atom stereocenters. The standard InChI is InChI=1S/C16H19Cl2N3O.ClH/c17-14-5-4-13(12-15(14)18)21-9-6-16(19-21)22-11-10-20-7-2-1-3-8-20;/h4-6,9,12H,1-3,7-8,10-11H2;1H. The van der Waals surface area contributed by atoms with Crippen molar-refractivity contribution in [3.63, 3.8) is 0 Å². The Labute approximate surface area is 152 Å². The van der Waals surface area contributed by atoms with Gasteiger partial charge in [-0.2, -0.15) is 0 Å². The van der Waals surface area contributed by atoms with Crippen molar-refractivity contribution in [3.05, 3.63) is 40.5 Å². The van der Waals surface area contributed by atoms with Crippen LogP contribution in [0.2, 0.25) is 10.0 Å². The third-order valence-corrected chi connectivity index (χ3v) is 4.58. The maximum Gasteiger partial charge on any atom is 0.233 e. The number of likely N-dealkylation sites (tertiary alicyclic amines) is 1. The van der Waals surface area contributed by atoms with Crippen molar-refractivity contribution in [2.24, 2.45) is 0 Å². The van der Waals surface area contributed by atoms with Crippen LogP contribution >= 0.6 is 35.6 Å². The van der Waals surface area contributed by atoms with Crippen LogP contribution in [0.5, 0.6) is 5.88 Å². The summed E-state index contributed by atoms with van der Waals surface area (Å²) in [6.07, 6.45) is 5.80. The minimum absolute atomic E-state index is 0. The summed E-state index contributed by atoms with van der Waals surface area (Å²) >= 11 is 12.0. The highest BCUT2D eigenvalue weighted by atomic mass is 35.5. The monoisotopic (exact) mass is 375 g/mol. The first-order valence-electron chi connectivity index (χ1n) is 7.58. The van der Waals surface area contributed by atoms with Gasteiger partial charge in [0, 0.05) is 18.8 Å². The Kier molecular flexibility index (Phi) is 7.03. The molecule has 0 bridgehead atoms. The van der Waals surface area contributed by atoms with E-state index in [0.717, 1.165) is 12.2 Å². The summed E-state index contributed by atoms with van der Waals surface area (Å²) in [5.74, 6) is 0.628. The minimum atomic E-state index is 0. The van der Waals surface area contributed by atoms with Crippen LogP contribution in [0.1, 0.15) is 19.3 Å². The molecular formula is C16H20Cl3N3O. The number of aromatic nitrogens is 2. The van der Waals surface area contributed by atoms with Crippen molar-refractivity contribution in [2.45, 2.75) is 19.3 Å². The summed E-state index contributed by atoms with van der Waals surface area (Å²) in [4.78, 5) is 2.44. The lowest BCUT2D eigenvalue weighted by Gasteiger charge is -2.25. The number of benzene rings is 1. The van der Waals surface area contributed by atoms with Crippen molar-refractivity contribution >= 4 is 35.6 Å². The first kappa shape index (κ1) is 18.4. The molecule has 1 fully saturated rings. The summed E-state index contributed by atoms with van der Waals surface area (Å²) < 4.78 is 7.47. The lowest BCUT2D eigenvalue weighted by molar-refractivity contribution is 0.180. The minimum Gasteiger partial charge on any atom is -0.475 e. The van der Waals surface area contributed by atoms with Gasteiger partial charge in [0.15, 0.2) is 0 Å². The molecule has 126 valence electrons. The highest BCUT2D eigenvalue weighted by molar-refractivity contribution is 6.42. The Morgan fingerprint density at radius 3 is 2.57 bits per heavy atom. The zero-order valence-corrected chi connectivity index (χ0v) is 15.1. The van der Waals surface area contributed by atoms with E-state index in [1.807, 2.05) is 18.3 Å². The molecular weight excluding hydrogens is 357 g/mol. The molecule has 3 rings (SSSR count). The number of rotatable bonds is 5. The molecule has 0 radical (unpaired) electrons. The van der Waals surface area contributed by atoms with Gasteiger partial charge in [-0.3, -0.25) is 4.90 Å². The van der Waals surface area contributed by atoms with E-state index in [2.05, 4.69) is 10.00 Å². The number of hydrogen-bond acceptors (Lipinski definition) is 3. The highest BCUT2D eigenvalue weighted by Crippen LogP contribution is 2.24. The second-order valence-corrected chi connectivity index (χ2v) is 6.26. The normalized spacial score (nSPS) is 15.2. The van der Waals surface area contributed by atoms with E-state index in [1.54, 1.807) is 16.8 Å². The van der Waals surface area contributed by atoms with Gasteiger partial charge >= 0.3 is 0 Å². The fourth-order valence-corrected chi connectivity index (χ4v) is 2.91. The van der Waals surface area contributed by atoms with Crippen molar-refractivity contribution in [1.29, 1.82) is 0 Å². The van der Waals surface area contributed by atoms with E-state index in [4.69, 9.17) is 27.9 Å². The van der Waals surface area contributed by atoms with Crippen LogP contribution in [0.25, 0.3) is 5.69 Å². The van der Waals surface area contributed by atoms with Crippen LogP contribution in [-0.2, 0) is 0 Å². The molecule has 0 saturated carbocycles. The smallest absolute Gasteiger partial charge is 0.233 e. The van der Waals surface area contributed by atoms with Crippen LogP contribution in [0, 0.1) is 0 Å². The van der Waals surface area contributed by atoms with Crippen LogP contribution in [0.3, 0.4) is 0 Å². The number of nitrogens with zero attached hydrogens (tertiary/aromatic N) is 3. The summed E-state index contributed by atoms with van der Waals surface area (Å²) in [6.45, 7) is 3.99. The molecule has 2 aromatic rings. The van der Waals surface area contributed by atoms with Crippen molar-refractivity contribution in [3.8, 4) is 11.6 Å². The number of hydrogen-bond donors (Lipinski definition) is 0. The van der Waals surface area contributed by atoms with E-state index in [9.17, 15) is 0 Å². The van der Waals surface area contributed by atoms with Crippen LogP contribution in [0.4, 0.5) is 0 Å². The summed E-state index contributed by atoms with van der Waals surface area (Å²) in [7, 11) is 0. The van der Waals surface area contributed by atoms with Gasteiger partial charge in [0.05, 0.1) is 15.7 Å². The van der Waals surface area contributed by atoms with Crippen LogP contribution < -0.4 is 4.74 Å². The zero-order chi connectivity index (χ0) is 15.4. The van der Waals surface area contributed by atoms with E-state index in [0.29, 0.717) is 22.5 Å². The first-order chi connectivity index (χ1) is 10.7. The third kappa shape index (κ3) is 5.01. The molecule has 23 heavy (non-hydrogen) atoms. The molecule has 1 saturated heterocycles. The Morgan fingerprint density at radius 1 is 1.04 bits per heavy atom. The maximum atomic E-state index is 6.03. The van der Waals surface area contributed by atoms with Crippen LogP contribution in [0.15, 0.2) is 30.5 Å². The molecule has 1 aliphatic rings. The van der Waals surface area contributed by atoms with E-state index >= 15 is 0 Å². The molecule has 2 heterocycles. The van der Waals surface area contributed by atoms with Crippen molar-refractivity contribution < 1.29 is 4.74 Å². The Bertz CT molecular complexity index is 627. The van der Waals surface area contributed by atoms with Crippen molar-refractivity contribution in [1.82, 2.24) is 14.7 Å². The predicted molar refractivity (Wildman–Crippen MR) is 96.6 cm³/mol. The van der Waals surface area contributed by atoms with Gasteiger partial charge in [0.25, 0.3) is 0 Å². The van der Waals surface area contributed by atoms with Gasteiger partial charge in [-0.1, -0.05) is 29.6 Å². The Hall–Kier alpha value is -0.940. The molecule has 1 aliphatic heterocycles. The number of ether oxygens (including phenoxy) is 1. The zero-order valence-electron chi connectivity index (χ0n) is 12.8. The van der Waals surface area contributed by atoms with Gasteiger partial charge in [-0.25, -0.2) is 4.68 Å². The molecule has 7 heteroatoms. The van der Waals surface area contributed by atoms with Crippen LogP contribution in [-0.4, -0.2) is 40.9 Å². The highest BCUT2D eigenvalue weighted by Gasteiger charge is 2.10. The van der Waals surface area contributed by atoms with E-state index in [1.165, 1.54) is 32.4 Å². The van der Waals surface area contributed by atoms with Gasteiger partial charge in [0.2, 0.25) is 5.88 Å².